The number of anilines is 1. The molecule has 2 nitrogen and oxygen atoms in total. The first-order valence-electron chi connectivity index (χ1n) is 8.14. The molecule has 0 aliphatic carbocycles. The molecule has 112 valence electrons. The second kappa shape index (κ2) is 7.12. The molecule has 0 aromatic heterocycles. The summed E-state index contributed by atoms with van der Waals surface area (Å²) in [7, 11) is 0. The van der Waals surface area contributed by atoms with Crippen LogP contribution in [0.5, 0.6) is 0 Å². The third-order valence-electron chi connectivity index (χ3n) is 4.00. The van der Waals surface area contributed by atoms with Crippen LogP contribution in [-0.4, -0.2) is 18.6 Å². The van der Waals surface area contributed by atoms with Crippen LogP contribution in [0.3, 0.4) is 0 Å². The van der Waals surface area contributed by atoms with Gasteiger partial charge in [-0.1, -0.05) is 37.5 Å². The van der Waals surface area contributed by atoms with E-state index in [1.165, 1.54) is 56.4 Å². The average molecular weight is 274 g/mol. The van der Waals surface area contributed by atoms with Crippen LogP contribution in [0.25, 0.3) is 0 Å². The van der Waals surface area contributed by atoms with Crippen LogP contribution in [0, 0.1) is 0 Å². The Bertz CT molecular complexity index is 398. The Morgan fingerprint density at radius 2 is 1.55 bits per heavy atom. The SMILES string of the molecule is CC(C)(C)NCc1ccccc1N1CCCCCCC1. The van der Waals surface area contributed by atoms with E-state index in [0.29, 0.717) is 0 Å². The minimum atomic E-state index is 0.170. The van der Waals surface area contributed by atoms with Gasteiger partial charge < -0.3 is 10.2 Å². The van der Waals surface area contributed by atoms with E-state index in [2.05, 4.69) is 55.3 Å². The van der Waals surface area contributed by atoms with Crippen molar-refractivity contribution in [3.8, 4) is 0 Å². The highest BCUT2D eigenvalue weighted by atomic mass is 15.1. The molecule has 1 aliphatic heterocycles. The van der Waals surface area contributed by atoms with Gasteiger partial charge in [-0.05, 0) is 45.2 Å². The van der Waals surface area contributed by atoms with Crippen LogP contribution < -0.4 is 10.2 Å². The minimum absolute atomic E-state index is 0.170. The number of hydrogen-bond acceptors (Lipinski definition) is 2. The average Bonchev–Trinajstić information content (AvgIpc) is 2.36. The van der Waals surface area contributed by atoms with Gasteiger partial charge in [-0.2, -0.15) is 0 Å². The molecule has 1 N–H and O–H groups in total. The maximum absolute atomic E-state index is 3.62. The number of nitrogens with one attached hydrogen (secondary N) is 1. The zero-order valence-corrected chi connectivity index (χ0v) is 13.4. The Hall–Kier alpha value is -1.02. The minimum Gasteiger partial charge on any atom is -0.371 e. The lowest BCUT2D eigenvalue weighted by Gasteiger charge is -2.30. The largest absolute Gasteiger partial charge is 0.371 e. The summed E-state index contributed by atoms with van der Waals surface area (Å²) in [6.07, 6.45) is 6.86. The fraction of sp³-hybridized carbons (Fsp3) is 0.667. The molecule has 0 amide bonds. The van der Waals surface area contributed by atoms with Gasteiger partial charge in [0.1, 0.15) is 0 Å². The molecule has 0 bridgehead atoms. The summed E-state index contributed by atoms with van der Waals surface area (Å²) < 4.78 is 0. The van der Waals surface area contributed by atoms with E-state index in [4.69, 9.17) is 0 Å². The Morgan fingerprint density at radius 1 is 0.950 bits per heavy atom. The normalized spacial score (nSPS) is 17.6. The molecule has 0 spiro atoms. The predicted octanol–water partition coefficient (Wildman–Crippen LogP) is 4.35. The van der Waals surface area contributed by atoms with E-state index >= 15 is 0 Å². The highest BCUT2D eigenvalue weighted by Gasteiger charge is 2.14. The highest BCUT2D eigenvalue weighted by molar-refractivity contribution is 5.53. The van der Waals surface area contributed by atoms with Crippen LogP contribution in [0.4, 0.5) is 5.69 Å². The van der Waals surface area contributed by atoms with Crippen LogP contribution in [0.1, 0.15) is 58.4 Å². The monoisotopic (exact) mass is 274 g/mol. The zero-order chi connectivity index (χ0) is 14.4. The van der Waals surface area contributed by atoms with E-state index in [-0.39, 0.29) is 5.54 Å². The van der Waals surface area contributed by atoms with Gasteiger partial charge in [-0.25, -0.2) is 0 Å². The summed E-state index contributed by atoms with van der Waals surface area (Å²) in [6.45, 7) is 10.1. The van der Waals surface area contributed by atoms with Crippen molar-refractivity contribution in [1.29, 1.82) is 0 Å². The summed E-state index contributed by atoms with van der Waals surface area (Å²) in [5.74, 6) is 0. The topological polar surface area (TPSA) is 15.3 Å². The van der Waals surface area contributed by atoms with Crippen molar-refractivity contribution in [3.63, 3.8) is 0 Å². The number of hydrogen-bond donors (Lipinski definition) is 1. The molecule has 1 aromatic rings. The van der Waals surface area contributed by atoms with Gasteiger partial charge in [0.25, 0.3) is 0 Å². The fourth-order valence-corrected chi connectivity index (χ4v) is 2.82. The molecule has 2 rings (SSSR count). The van der Waals surface area contributed by atoms with Crippen molar-refractivity contribution in [2.75, 3.05) is 18.0 Å². The molecule has 0 saturated carbocycles. The Kier molecular flexibility index (Phi) is 5.47. The van der Waals surface area contributed by atoms with Gasteiger partial charge in [-0.3, -0.25) is 0 Å². The Labute approximate surface area is 124 Å². The van der Waals surface area contributed by atoms with Gasteiger partial charge in [0.2, 0.25) is 0 Å². The molecule has 0 unspecified atom stereocenters. The van der Waals surface area contributed by atoms with E-state index < -0.39 is 0 Å². The van der Waals surface area contributed by atoms with E-state index in [0.717, 1.165) is 6.54 Å². The molecule has 1 fully saturated rings. The second-order valence-corrected chi connectivity index (χ2v) is 6.99. The first-order chi connectivity index (χ1) is 9.56. The van der Waals surface area contributed by atoms with Crippen molar-refractivity contribution in [2.24, 2.45) is 0 Å². The van der Waals surface area contributed by atoms with Crippen LogP contribution in [-0.2, 0) is 6.54 Å². The van der Waals surface area contributed by atoms with Gasteiger partial charge in [0.05, 0.1) is 0 Å². The first kappa shape index (κ1) is 15.4. The molecule has 20 heavy (non-hydrogen) atoms. The summed E-state index contributed by atoms with van der Waals surface area (Å²) in [4.78, 5) is 2.60. The van der Waals surface area contributed by atoms with Gasteiger partial charge in [-0.15, -0.1) is 0 Å². The van der Waals surface area contributed by atoms with Crippen molar-refractivity contribution >= 4 is 5.69 Å². The summed E-state index contributed by atoms with van der Waals surface area (Å²) in [5.41, 5.74) is 3.04. The molecule has 0 radical (unpaired) electrons. The van der Waals surface area contributed by atoms with Gasteiger partial charge in [0, 0.05) is 30.9 Å². The van der Waals surface area contributed by atoms with Crippen molar-refractivity contribution in [1.82, 2.24) is 5.32 Å². The molecule has 2 heteroatoms. The smallest absolute Gasteiger partial charge is 0.0411 e. The van der Waals surface area contributed by atoms with Gasteiger partial charge >= 0.3 is 0 Å². The number of nitrogens with zero attached hydrogens (tertiary/aromatic N) is 1. The molecule has 1 heterocycles. The van der Waals surface area contributed by atoms with Crippen LogP contribution in [0.15, 0.2) is 24.3 Å². The van der Waals surface area contributed by atoms with Crippen molar-refractivity contribution < 1.29 is 0 Å². The lowest BCUT2D eigenvalue weighted by atomic mass is 10.0. The molecule has 1 saturated heterocycles. The maximum atomic E-state index is 3.62. The number of rotatable bonds is 3. The molecular weight excluding hydrogens is 244 g/mol. The zero-order valence-electron chi connectivity index (χ0n) is 13.4. The first-order valence-corrected chi connectivity index (χ1v) is 8.14. The quantitative estimate of drug-likeness (QED) is 0.881. The second-order valence-electron chi connectivity index (χ2n) is 6.99. The third kappa shape index (κ3) is 4.82. The van der Waals surface area contributed by atoms with Crippen LogP contribution >= 0.6 is 0 Å². The Balaban J connectivity index is 2.09. The number of para-hydroxylation sites is 1. The van der Waals surface area contributed by atoms with E-state index in [1.54, 1.807) is 0 Å². The van der Waals surface area contributed by atoms with Crippen molar-refractivity contribution in [2.45, 2.75) is 65.0 Å². The lowest BCUT2D eigenvalue weighted by Crippen LogP contribution is -2.36. The summed E-state index contributed by atoms with van der Waals surface area (Å²) in [5, 5.41) is 3.62. The molecular formula is C18H30N2. The summed E-state index contributed by atoms with van der Waals surface area (Å²) >= 11 is 0. The maximum Gasteiger partial charge on any atom is 0.0411 e. The summed E-state index contributed by atoms with van der Waals surface area (Å²) in [6, 6.07) is 8.90. The third-order valence-corrected chi connectivity index (χ3v) is 4.00. The lowest BCUT2D eigenvalue weighted by molar-refractivity contribution is 0.424. The van der Waals surface area contributed by atoms with Crippen molar-refractivity contribution in [3.05, 3.63) is 29.8 Å². The highest BCUT2D eigenvalue weighted by Crippen LogP contribution is 2.24. The predicted molar refractivity (Wildman–Crippen MR) is 88.3 cm³/mol. The standard InChI is InChI=1S/C18H30N2/c1-18(2,3)19-15-16-11-7-8-12-17(16)20-13-9-5-4-6-10-14-20/h7-8,11-12,19H,4-6,9-10,13-15H2,1-3H3. The fourth-order valence-electron chi connectivity index (χ4n) is 2.82. The van der Waals surface area contributed by atoms with E-state index in [1.807, 2.05) is 0 Å². The molecule has 1 aromatic carbocycles. The Morgan fingerprint density at radius 3 is 2.20 bits per heavy atom. The molecule has 0 atom stereocenters. The number of benzene rings is 1. The molecule has 1 aliphatic rings. The van der Waals surface area contributed by atoms with E-state index in [9.17, 15) is 0 Å². The van der Waals surface area contributed by atoms with Crippen LogP contribution in [0.2, 0.25) is 0 Å². The van der Waals surface area contributed by atoms with Gasteiger partial charge in [0.15, 0.2) is 0 Å².